The molecule has 3 aliphatic rings. The van der Waals surface area contributed by atoms with Crippen molar-refractivity contribution in [3.8, 4) is 11.4 Å². The Labute approximate surface area is 332 Å². The van der Waals surface area contributed by atoms with Crippen molar-refractivity contribution >= 4 is 83.8 Å². The number of anilines is 3. The Morgan fingerprint density at radius 2 is 0.875 bits per heavy atom. The zero-order valence-electron chi connectivity index (χ0n) is 35.2. The highest BCUT2D eigenvalue weighted by Crippen LogP contribution is 2.53. The molecule has 278 valence electrons. The molecule has 0 bridgehead atoms. The van der Waals surface area contributed by atoms with Crippen LogP contribution in [0.25, 0.3) is 55.0 Å². The molecule has 0 radical (unpaired) electrons. The summed E-state index contributed by atoms with van der Waals surface area (Å²) in [4.78, 5) is 2.65. The first-order valence-electron chi connectivity index (χ1n) is 20.7. The van der Waals surface area contributed by atoms with Crippen LogP contribution in [0.1, 0.15) is 105 Å². The molecule has 11 rings (SSSR count). The van der Waals surface area contributed by atoms with Crippen LogP contribution in [0.2, 0.25) is 0 Å². The zero-order valence-corrected chi connectivity index (χ0v) is 35.2. The predicted molar refractivity (Wildman–Crippen MR) is 243 cm³/mol. The van der Waals surface area contributed by atoms with Gasteiger partial charge in [-0.1, -0.05) is 119 Å². The molecule has 2 aromatic heterocycles. The van der Waals surface area contributed by atoms with Gasteiger partial charge in [-0.2, -0.15) is 0 Å². The van der Waals surface area contributed by atoms with Crippen LogP contribution in [0.5, 0.6) is 0 Å². The molecule has 0 amide bonds. The number of nitrogens with zero attached hydrogens (tertiary/aromatic N) is 3. The SMILES string of the molecule is CC(C)(C)c1ccc2c(c1)c1cc(C(C)(C)C)cc3c1n2-c1cccc2c1B3c1cccc3c1N2c1cc(C(C)(C)C)cc2c4cc(C(C)(C)C)ccc4n-3c12. The van der Waals surface area contributed by atoms with E-state index in [2.05, 4.69) is 194 Å². The molecular weight excluding hydrogens is 677 g/mol. The average Bonchev–Trinajstić information content (AvgIpc) is 3.64. The summed E-state index contributed by atoms with van der Waals surface area (Å²) >= 11 is 0. The lowest BCUT2D eigenvalue weighted by Crippen LogP contribution is -2.61. The molecule has 0 unspecified atom stereocenters. The number of hydrogen-bond acceptors (Lipinski definition) is 1. The lowest BCUT2D eigenvalue weighted by Gasteiger charge is -2.44. The number of fused-ring (bicyclic) bond motifs is 12. The highest BCUT2D eigenvalue weighted by atomic mass is 15.2. The molecule has 0 aliphatic carbocycles. The van der Waals surface area contributed by atoms with Gasteiger partial charge in [-0.25, -0.2) is 0 Å². The van der Waals surface area contributed by atoms with Crippen molar-refractivity contribution in [3.63, 3.8) is 0 Å². The third-order valence-electron chi connectivity index (χ3n) is 13.4. The van der Waals surface area contributed by atoms with Gasteiger partial charge in [0.15, 0.2) is 0 Å². The van der Waals surface area contributed by atoms with Gasteiger partial charge >= 0.3 is 0 Å². The van der Waals surface area contributed by atoms with E-state index in [-0.39, 0.29) is 28.4 Å². The van der Waals surface area contributed by atoms with Crippen LogP contribution in [-0.4, -0.2) is 15.8 Å². The van der Waals surface area contributed by atoms with Crippen molar-refractivity contribution in [3.05, 3.63) is 119 Å². The van der Waals surface area contributed by atoms with Crippen LogP contribution in [-0.2, 0) is 21.7 Å². The predicted octanol–water partition coefficient (Wildman–Crippen LogP) is 12.0. The Balaban J connectivity index is 1.31. The number of rotatable bonds is 0. The fourth-order valence-electron chi connectivity index (χ4n) is 10.3. The van der Waals surface area contributed by atoms with Crippen molar-refractivity contribution < 1.29 is 0 Å². The highest BCUT2D eigenvalue weighted by Gasteiger charge is 2.45. The molecule has 3 aliphatic heterocycles. The maximum atomic E-state index is 2.65. The molecule has 0 saturated carbocycles. The van der Waals surface area contributed by atoms with Crippen molar-refractivity contribution in [2.75, 3.05) is 4.90 Å². The summed E-state index contributed by atoms with van der Waals surface area (Å²) in [5, 5.41) is 5.39. The first-order chi connectivity index (χ1) is 26.3. The molecule has 56 heavy (non-hydrogen) atoms. The van der Waals surface area contributed by atoms with Crippen LogP contribution in [0.3, 0.4) is 0 Å². The van der Waals surface area contributed by atoms with Gasteiger partial charge < -0.3 is 14.0 Å². The summed E-state index contributed by atoms with van der Waals surface area (Å²) < 4.78 is 5.21. The van der Waals surface area contributed by atoms with Crippen molar-refractivity contribution in [2.24, 2.45) is 0 Å². The van der Waals surface area contributed by atoms with Gasteiger partial charge in [-0.3, -0.25) is 0 Å². The van der Waals surface area contributed by atoms with E-state index in [0.717, 1.165) is 0 Å². The molecular formula is C52H52BN3. The van der Waals surface area contributed by atoms with Gasteiger partial charge in [0, 0.05) is 38.4 Å². The fraction of sp³-hybridized carbons (Fsp3) is 0.308. The van der Waals surface area contributed by atoms with Crippen LogP contribution in [0, 0.1) is 0 Å². The maximum Gasteiger partial charge on any atom is 0.252 e. The van der Waals surface area contributed by atoms with Crippen molar-refractivity contribution in [1.82, 2.24) is 9.13 Å². The van der Waals surface area contributed by atoms with Gasteiger partial charge in [0.1, 0.15) is 0 Å². The van der Waals surface area contributed by atoms with Gasteiger partial charge in [0.05, 0.1) is 33.6 Å². The largest absolute Gasteiger partial charge is 0.310 e. The standard InChI is InChI=1S/C52H52BN3/c1-49(2,3)29-19-21-39-33(23-29)35-25-31(51(7,8)9)27-38-46(35)54(39)41-16-14-17-42-45(41)53(38)37-15-13-18-43-48(37)56(42)44-28-32(52(10,11)12)26-36-34-24-30(50(4,5)6)20-22-40(34)55(43)47(36)44/h13-28H,1-12H3. The topological polar surface area (TPSA) is 13.1 Å². The monoisotopic (exact) mass is 729 g/mol. The minimum Gasteiger partial charge on any atom is -0.310 e. The molecule has 0 spiro atoms. The van der Waals surface area contributed by atoms with Crippen LogP contribution in [0.4, 0.5) is 17.1 Å². The van der Waals surface area contributed by atoms with Crippen LogP contribution >= 0.6 is 0 Å². The van der Waals surface area contributed by atoms with E-state index < -0.39 is 0 Å². The number of benzene rings is 6. The Kier molecular flexibility index (Phi) is 6.32. The molecule has 0 N–H and O–H groups in total. The number of para-hydroxylation sites is 1. The lowest BCUT2D eigenvalue weighted by atomic mass is 9.33. The Bertz CT molecular complexity index is 2860. The highest BCUT2D eigenvalue weighted by molar-refractivity contribution is 7.00. The van der Waals surface area contributed by atoms with Crippen molar-refractivity contribution in [1.29, 1.82) is 0 Å². The van der Waals surface area contributed by atoms with Crippen LogP contribution < -0.4 is 21.3 Å². The third-order valence-corrected chi connectivity index (χ3v) is 13.4. The van der Waals surface area contributed by atoms with E-state index in [0.29, 0.717) is 0 Å². The quantitative estimate of drug-likeness (QED) is 0.142. The lowest BCUT2D eigenvalue weighted by molar-refractivity contribution is 0.590. The molecule has 4 heteroatoms. The average molecular weight is 730 g/mol. The molecule has 3 nitrogen and oxygen atoms in total. The zero-order chi connectivity index (χ0) is 39.2. The van der Waals surface area contributed by atoms with Gasteiger partial charge in [-0.05, 0) is 121 Å². The minimum atomic E-state index is -0.0289. The molecule has 0 atom stereocenters. The van der Waals surface area contributed by atoms with E-state index in [1.807, 2.05) is 0 Å². The molecule has 5 heterocycles. The smallest absolute Gasteiger partial charge is 0.252 e. The van der Waals surface area contributed by atoms with Gasteiger partial charge in [-0.15, -0.1) is 0 Å². The van der Waals surface area contributed by atoms with Crippen LogP contribution in [0.15, 0.2) is 97.1 Å². The van der Waals surface area contributed by atoms with Gasteiger partial charge in [0.25, 0.3) is 6.71 Å². The van der Waals surface area contributed by atoms with Gasteiger partial charge in [0.2, 0.25) is 0 Å². The summed E-state index contributed by atoms with van der Waals surface area (Å²) in [5.41, 5.74) is 21.4. The third kappa shape index (κ3) is 4.31. The minimum absolute atomic E-state index is 0.0127. The number of hydrogen-bond donors (Lipinski definition) is 0. The number of aromatic nitrogens is 2. The second-order valence-corrected chi connectivity index (χ2v) is 21.2. The van der Waals surface area contributed by atoms with E-state index in [4.69, 9.17) is 0 Å². The summed E-state index contributed by atoms with van der Waals surface area (Å²) in [6, 6.07) is 38.7. The Hall–Kier alpha value is -5.22. The second-order valence-electron chi connectivity index (χ2n) is 21.2. The first-order valence-corrected chi connectivity index (χ1v) is 20.7. The van der Waals surface area contributed by atoms with E-state index >= 15 is 0 Å². The summed E-state index contributed by atoms with van der Waals surface area (Å²) in [5.74, 6) is 0. The summed E-state index contributed by atoms with van der Waals surface area (Å²) in [6.45, 7) is 28.2. The van der Waals surface area contributed by atoms with E-state index in [1.165, 1.54) is 111 Å². The van der Waals surface area contributed by atoms with Crippen molar-refractivity contribution in [2.45, 2.75) is 105 Å². The summed E-state index contributed by atoms with van der Waals surface area (Å²) in [6.07, 6.45) is 0. The maximum absolute atomic E-state index is 2.65. The Morgan fingerprint density at radius 3 is 1.46 bits per heavy atom. The molecule has 0 fully saturated rings. The molecule has 8 aromatic rings. The van der Waals surface area contributed by atoms with E-state index in [9.17, 15) is 0 Å². The van der Waals surface area contributed by atoms with E-state index in [1.54, 1.807) is 0 Å². The fourth-order valence-corrected chi connectivity index (χ4v) is 10.3. The Morgan fingerprint density at radius 1 is 0.393 bits per heavy atom. The molecule has 6 aromatic carbocycles. The second kappa shape index (κ2) is 10.4. The summed E-state index contributed by atoms with van der Waals surface area (Å²) in [7, 11) is 0. The normalized spacial score (nSPS) is 14.7. The first kappa shape index (κ1) is 34.1. The molecule has 0 saturated heterocycles.